The van der Waals surface area contributed by atoms with E-state index in [4.69, 9.17) is 16.3 Å². The van der Waals surface area contributed by atoms with Crippen LogP contribution < -0.4 is 10.1 Å². The summed E-state index contributed by atoms with van der Waals surface area (Å²) in [4.78, 5) is 12.1. The number of amides is 1. The minimum atomic E-state index is -0.204. The van der Waals surface area contributed by atoms with E-state index >= 15 is 0 Å². The molecule has 0 atom stereocenters. The lowest BCUT2D eigenvalue weighted by molar-refractivity contribution is -0.118. The minimum Gasteiger partial charge on any atom is -0.483 e. The number of benzene rings is 2. The summed E-state index contributed by atoms with van der Waals surface area (Å²) in [6.07, 6.45) is 0. The van der Waals surface area contributed by atoms with E-state index in [1.807, 2.05) is 38.1 Å². The molecule has 0 bridgehead atoms. The van der Waals surface area contributed by atoms with Gasteiger partial charge in [0.25, 0.3) is 5.91 Å². The zero-order chi connectivity index (χ0) is 17.0. The number of hydrogen-bond acceptors (Lipinski definition) is 2. The molecule has 23 heavy (non-hydrogen) atoms. The minimum absolute atomic E-state index is 0.0334. The van der Waals surface area contributed by atoms with Crippen LogP contribution in [0.15, 0.2) is 36.4 Å². The van der Waals surface area contributed by atoms with Crippen LogP contribution in [0.4, 0.5) is 5.69 Å². The van der Waals surface area contributed by atoms with Gasteiger partial charge in [-0.05, 0) is 54.7 Å². The fourth-order valence-electron chi connectivity index (χ4n) is 2.20. The lowest BCUT2D eigenvalue weighted by Crippen LogP contribution is -2.21. The van der Waals surface area contributed by atoms with E-state index < -0.39 is 0 Å². The highest BCUT2D eigenvalue weighted by Crippen LogP contribution is 2.25. The van der Waals surface area contributed by atoms with Crippen molar-refractivity contribution in [2.75, 3.05) is 11.9 Å². The zero-order valence-electron chi connectivity index (χ0n) is 13.9. The summed E-state index contributed by atoms with van der Waals surface area (Å²) in [6.45, 7) is 8.06. The van der Waals surface area contributed by atoms with E-state index in [2.05, 4.69) is 25.2 Å². The van der Waals surface area contributed by atoms with Gasteiger partial charge in [-0.1, -0.05) is 43.6 Å². The number of ether oxygens (including phenoxy) is 1. The van der Waals surface area contributed by atoms with Crippen LogP contribution in [0.1, 0.15) is 36.5 Å². The number of anilines is 1. The molecular formula is C19H22ClNO2. The van der Waals surface area contributed by atoms with E-state index in [0.717, 1.165) is 16.9 Å². The monoisotopic (exact) mass is 331 g/mol. The third-order valence-electron chi connectivity index (χ3n) is 3.78. The van der Waals surface area contributed by atoms with Crippen molar-refractivity contribution < 1.29 is 9.53 Å². The first-order valence-corrected chi connectivity index (χ1v) is 8.04. The SMILES string of the molecule is Cc1ccc(C(C)C)cc1OCC(=O)Nc1cccc(Cl)c1C. The van der Waals surface area contributed by atoms with E-state index in [1.165, 1.54) is 5.56 Å². The van der Waals surface area contributed by atoms with Crippen LogP contribution >= 0.6 is 11.6 Å². The topological polar surface area (TPSA) is 38.3 Å². The average Bonchev–Trinajstić information content (AvgIpc) is 2.51. The van der Waals surface area contributed by atoms with Crippen molar-refractivity contribution >= 4 is 23.2 Å². The van der Waals surface area contributed by atoms with Gasteiger partial charge in [0.15, 0.2) is 6.61 Å². The second kappa shape index (κ2) is 7.51. The molecular weight excluding hydrogens is 310 g/mol. The molecule has 0 aliphatic heterocycles. The fraction of sp³-hybridized carbons (Fsp3) is 0.316. The smallest absolute Gasteiger partial charge is 0.262 e. The molecule has 0 fully saturated rings. The van der Waals surface area contributed by atoms with Crippen molar-refractivity contribution in [1.82, 2.24) is 0 Å². The van der Waals surface area contributed by atoms with Crippen LogP contribution in [0.2, 0.25) is 5.02 Å². The highest BCUT2D eigenvalue weighted by molar-refractivity contribution is 6.31. The number of carbonyl (C=O) groups excluding carboxylic acids is 1. The Balaban J connectivity index is 2.02. The van der Waals surface area contributed by atoms with Crippen LogP contribution in [0.25, 0.3) is 0 Å². The largest absolute Gasteiger partial charge is 0.483 e. The predicted octanol–water partition coefficient (Wildman–Crippen LogP) is 5.10. The molecule has 0 aliphatic carbocycles. The third-order valence-corrected chi connectivity index (χ3v) is 4.19. The zero-order valence-corrected chi connectivity index (χ0v) is 14.7. The summed E-state index contributed by atoms with van der Waals surface area (Å²) in [7, 11) is 0. The van der Waals surface area contributed by atoms with Crippen molar-refractivity contribution in [3.63, 3.8) is 0 Å². The molecule has 0 unspecified atom stereocenters. The lowest BCUT2D eigenvalue weighted by Gasteiger charge is -2.13. The Morgan fingerprint density at radius 3 is 2.65 bits per heavy atom. The molecule has 2 aromatic rings. The van der Waals surface area contributed by atoms with Crippen LogP contribution in [-0.2, 0) is 4.79 Å². The first-order valence-electron chi connectivity index (χ1n) is 7.66. The molecule has 0 aliphatic rings. The highest BCUT2D eigenvalue weighted by Gasteiger charge is 2.10. The maximum Gasteiger partial charge on any atom is 0.262 e. The van der Waals surface area contributed by atoms with Gasteiger partial charge in [0.2, 0.25) is 0 Å². The van der Waals surface area contributed by atoms with E-state index in [9.17, 15) is 4.79 Å². The van der Waals surface area contributed by atoms with Crippen molar-refractivity contribution in [3.05, 3.63) is 58.1 Å². The summed E-state index contributed by atoms with van der Waals surface area (Å²) in [5.41, 5.74) is 3.76. The Morgan fingerprint density at radius 1 is 1.22 bits per heavy atom. The summed E-state index contributed by atoms with van der Waals surface area (Å²) in [5, 5.41) is 3.46. The first-order chi connectivity index (χ1) is 10.9. The van der Waals surface area contributed by atoms with Gasteiger partial charge in [0.1, 0.15) is 5.75 Å². The van der Waals surface area contributed by atoms with Gasteiger partial charge in [-0.25, -0.2) is 0 Å². The number of carbonyl (C=O) groups is 1. The second-order valence-electron chi connectivity index (χ2n) is 5.93. The van der Waals surface area contributed by atoms with Crippen LogP contribution in [0.5, 0.6) is 5.75 Å². The molecule has 4 heteroatoms. The Labute approximate surface area is 142 Å². The number of hydrogen-bond donors (Lipinski definition) is 1. The number of halogens is 1. The summed E-state index contributed by atoms with van der Waals surface area (Å²) in [5.74, 6) is 0.958. The maximum absolute atomic E-state index is 12.1. The molecule has 1 N–H and O–H groups in total. The second-order valence-corrected chi connectivity index (χ2v) is 6.34. The Morgan fingerprint density at radius 2 is 1.96 bits per heavy atom. The Bertz CT molecular complexity index is 711. The normalized spacial score (nSPS) is 10.7. The fourth-order valence-corrected chi connectivity index (χ4v) is 2.38. The van der Waals surface area contributed by atoms with Gasteiger partial charge in [-0.3, -0.25) is 4.79 Å². The van der Waals surface area contributed by atoms with Gasteiger partial charge >= 0.3 is 0 Å². The van der Waals surface area contributed by atoms with Crippen LogP contribution in [0.3, 0.4) is 0 Å². The molecule has 2 rings (SSSR count). The molecule has 2 aromatic carbocycles. The quantitative estimate of drug-likeness (QED) is 0.828. The molecule has 0 saturated carbocycles. The van der Waals surface area contributed by atoms with Gasteiger partial charge in [0, 0.05) is 10.7 Å². The average molecular weight is 332 g/mol. The summed E-state index contributed by atoms with van der Waals surface area (Å²) >= 11 is 6.06. The first kappa shape index (κ1) is 17.4. The van der Waals surface area contributed by atoms with Gasteiger partial charge in [0.05, 0.1) is 0 Å². The highest BCUT2D eigenvalue weighted by atomic mass is 35.5. The molecule has 3 nitrogen and oxygen atoms in total. The standard InChI is InChI=1S/C19H22ClNO2/c1-12(2)15-9-8-13(3)18(10-15)23-11-19(22)21-17-7-5-6-16(20)14(17)4/h5-10,12H,11H2,1-4H3,(H,21,22). The molecule has 0 aromatic heterocycles. The summed E-state index contributed by atoms with van der Waals surface area (Å²) < 4.78 is 5.69. The molecule has 122 valence electrons. The van der Waals surface area contributed by atoms with E-state index in [1.54, 1.807) is 6.07 Å². The van der Waals surface area contributed by atoms with Crippen LogP contribution in [0, 0.1) is 13.8 Å². The van der Waals surface area contributed by atoms with E-state index in [0.29, 0.717) is 16.6 Å². The van der Waals surface area contributed by atoms with Crippen molar-refractivity contribution in [2.45, 2.75) is 33.6 Å². The number of rotatable bonds is 5. The van der Waals surface area contributed by atoms with Gasteiger partial charge in [-0.2, -0.15) is 0 Å². The maximum atomic E-state index is 12.1. The number of nitrogens with one attached hydrogen (secondary N) is 1. The molecule has 1 amide bonds. The van der Waals surface area contributed by atoms with Crippen molar-refractivity contribution in [1.29, 1.82) is 0 Å². The molecule has 0 saturated heterocycles. The Hall–Kier alpha value is -2.00. The van der Waals surface area contributed by atoms with Crippen LogP contribution in [-0.4, -0.2) is 12.5 Å². The van der Waals surface area contributed by atoms with E-state index in [-0.39, 0.29) is 12.5 Å². The van der Waals surface area contributed by atoms with Crippen molar-refractivity contribution in [3.8, 4) is 5.75 Å². The summed E-state index contributed by atoms with van der Waals surface area (Å²) in [6, 6.07) is 11.5. The van der Waals surface area contributed by atoms with Crippen molar-refractivity contribution in [2.24, 2.45) is 0 Å². The third kappa shape index (κ3) is 4.49. The lowest BCUT2D eigenvalue weighted by atomic mass is 10.0. The molecule has 0 radical (unpaired) electrons. The van der Waals surface area contributed by atoms with Gasteiger partial charge < -0.3 is 10.1 Å². The predicted molar refractivity (Wildman–Crippen MR) is 95.6 cm³/mol. The molecule has 0 spiro atoms. The molecule has 0 heterocycles. The van der Waals surface area contributed by atoms with Gasteiger partial charge in [-0.15, -0.1) is 0 Å². The Kier molecular flexibility index (Phi) is 5.67. The number of aryl methyl sites for hydroxylation is 1.